The Kier molecular flexibility index (Phi) is 14.9. The molecule has 0 aromatic rings. The van der Waals surface area contributed by atoms with Gasteiger partial charge in [-0.15, -0.1) is 0 Å². The Bertz CT molecular complexity index is 261. The lowest BCUT2D eigenvalue weighted by atomic mass is 10.0. The Balaban J connectivity index is 3.14. The van der Waals surface area contributed by atoms with E-state index in [9.17, 15) is 9.59 Å². The molecule has 0 saturated heterocycles. The molecule has 1 N–H and O–H groups in total. The van der Waals surface area contributed by atoms with Gasteiger partial charge >= 0.3 is 5.97 Å². The molecule has 0 unspecified atom stereocenters. The van der Waals surface area contributed by atoms with E-state index in [0.717, 1.165) is 51.4 Å². The van der Waals surface area contributed by atoms with E-state index in [1.165, 1.54) is 38.5 Å². The van der Waals surface area contributed by atoms with Gasteiger partial charge in [0.05, 0.1) is 0 Å². The van der Waals surface area contributed by atoms with Crippen LogP contribution in [0.3, 0.4) is 0 Å². The molecule has 21 heavy (non-hydrogen) atoms. The van der Waals surface area contributed by atoms with Crippen LogP contribution in [0, 0.1) is 0 Å². The summed E-state index contributed by atoms with van der Waals surface area (Å²) in [7, 11) is 0. The second-order valence-electron chi connectivity index (χ2n) is 6.07. The number of hydrogen-bond acceptors (Lipinski definition) is 2. The smallest absolute Gasteiger partial charge is 0.303 e. The van der Waals surface area contributed by atoms with Gasteiger partial charge in [-0.3, -0.25) is 9.59 Å². The first-order valence-electron chi connectivity index (χ1n) is 8.90. The fraction of sp³-hybridized carbons (Fsp3) is 0.889. The first-order valence-corrected chi connectivity index (χ1v) is 8.90. The number of unbranched alkanes of at least 4 members (excludes halogenated alkanes) is 10. The van der Waals surface area contributed by atoms with Crippen molar-refractivity contribution in [1.29, 1.82) is 0 Å². The maximum absolute atomic E-state index is 11.6. The maximum atomic E-state index is 11.6. The number of hydrogen-bond donors (Lipinski definition) is 1. The summed E-state index contributed by atoms with van der Waals surface area (Å²) in [6.07, 6.45) is 15.4. The van der Waals surface area contributed by atoms with Gasteiger partial charge in [-0.2, -0.15) is 0 Å². The summed E-state index contributed by atoms with van der Waals surface area (Å²) in [5, 5.41) is 8.51. The van der Waals surface area contributed by atoms with Crippen molar-refractivity contribution in [2.45, 2.75) is 103 Å². The van der Waals surface area contributed by atoms with Crippen LogP contribution in [0.25, 0.3) is 0 Å². The van der Waals surface area contributed by atoms with E-state index in [1.54, 1.807) is 0 Å². The monoisotopic (exact) mass is 298 g/mol. The molecule has 3 heteroatoms. The van der Waals surface area contributed by atoms with Gasteiger partial charge in [0.25, 0.3) is 0 Å². The molecule has 0 aromatic heterocycles. The topological polar surface area (TPSA) is 54.4 Å². The minimum absolute atomic E-state index is 0.306. The zero-order valence-corrected chi connectivity index (χ0v) is 13.9. The molecule has 0 spiro atoms. The first-order chi connectivity index (χ1) is 10.2. The normalized spacial score (nSPS) is 10.7. The highest BCUT2D eigenvalue weighted by Crippen LogP contribution is 2.12. The molecule has 0 bridgehead atoms. The third kappa shape index (κ3) is 17.1. The Hall–Kier alpha value is -0.860. The number of carboxylic acids is 1. The molecule has 0 amide bonds. The van der Waals surface area contributed by atoms with Crippen LogP contribution in [0.2, 0.25) is 0 Å². The number of carbonyl (C=O) groups excluding carboxylic acids is 1. The molecule has 3 nitrogen and oxygen atoms in total. The van der Waals surface area contributed by atoms with Gasteiger partial charge in [-0.1, -0.05) is 64.7 Å². The minimum atomic E-state index is -0.686. The highest BCUT2D eigenvalue weighted by atomic mass is 16.4. The van der Waals surface area contributed by atoms with Gasteiger partial charge in [0, 0.05) is 19.3 Å². The van der Waals surface area contributed by atoms with E-state index in [1.807, 2.05) is 0 Å². The number of ketones is 1. The number of carboxylic acid groups (broad SMARTS) is 1. The summed E-state index contributed by atoms with van der Waals surface area (Å²) in [4.78, 5) is 22.0. The van der Waals surface area contributed by atoms with Crippen LogP contribution in [-0.2, 0) is 9.59 Å². The van der Waals surface area contributed by atoms with E-state index in [4.69, 9.17) is 5.11 Å². The third-order valence-electron chi connectivity index (χ3n) is 3.91. The van der Waals surface area contributed by atoms with Crippen molar-refractivity contribution >= 4 is 11.8 Å². The highest BCUT2D eigenvalue weighted by Gasteiger charge is 2.01. The molecule has 0 aliphatic heterocycles. The molecule has 0 saturated carbocycles. The molecule has 0 aliphatic rings. The molecular weight excluding hydrogens is 264 g/mol. The van der Waals surface area contributed by atoms with Crippen LogP contribution in [0.5, 0.6) is 0 Å². The van der Waals surface area contributed by atoms with E-state index >= 15 is 0 Å². The molecule has 0 aromatic carbocycles. The van der Waals surface area contributed by atoms with Gasteiger partial charge in [-0.25, -0.2) is 0 Å². The van der Waals surface area contributed by atoms with E-state index < -0.39 is 5.97 Å². The van der Waals surface area contributed by atoms with Gasteiger partial charge < -0.3 is 5.11 Å². The summed E-state index contributed by atoms with van der Waals surface area (Å²) in [6, 6.07) is 0. The average Bonchev–Trinajstić information content (AvgIpc) is 2.45. The average molecular weight is 298 g/mol. The fourth-order valence-corrected chi connectivity index (χ4v) is 2.53. The Morgan fingerprint density at radius 3 is 1.43 bits per heavy atom. The van der Waals surface area contributed by atoms with Crippen LogP contribution in [0.4, 0.5) is 0 Å². The molecule has 0 aliphatic carbocycles. The predicted octanol–water partition coefficient (Wildman–Crippen LogP) is 5.51. The molecule has 0 heterocycles. The Morgan fingerprint density at radius 1 is 0.619 bits per heavy atom. The van der Waals surface area contributed by atoms with Gasteiger partial charge in [0.1, 0.15) is 5.78 Å². The largest absolute Gasteiger partial charge is 0.481 e. The van der Waals surface area contributed by atoms with Crippen molar-refractivity contribution in [2.75, 3.05) is 0 Å². The first kappa shape index (κ1) is 20.1. The summed E-state index contributed by atoms with van der Waals surface area (Å²) in [6.45, 7) is 2.19. The van der Waals surface area contributed by atoms with Crippen LogP contribution >= 0.6 is 0 Å². The van der Waals surface area contributed by atoms with Crippen molar-refractivity contribution in [3.8, 4) is 0 Å². The van der Waals surface area contributed by atoms with Crippen LogP contribution in [0.1, 0.15) is 103 Å². The quantitative estimate of drug-likeness (QED) is 0.382. The maximum Gasteiger partial charge on any atom is 0.303 e. The standard InChI is InChI=1S/C18H34O3/c1-2-3-4-11-14-17(19)15-12-9-7-5-6-8-10-13-16-18(20)21/h2-16H2,1H3,(H,20,21). The molecule has 0 rings (SSSR count). The fourth-order valence-electron chi connectivity index (χ4n) is 2.53. The van der Waals surface area contributed by atoms with Crippen LogP contribution in [-0.4, -0.2) is 16.9 Å². The van der Waals surface area contributed by atoms with Crippen molar-refractivity contribution in [2.24, 2.45) is 0 Å². The molecule has 0 fully saturated rings. The molecular formula is C18H34O3. The number of aliphatic carboxylic acids is 1. The van der Waals surface area contributed by atoms with Crippen molar-refractivity contribution in [3.05, 3.63) is 0 Å². The van der Waals surface area contributed by atoms with Crippen molar-refractivity contribution in [1.82, 2.24) is 0 Å². The number of rotatable bonds is 16. The zero-order chi connectivity index (χ0) is 15.8. The SMILES string of the molecule is CCCCCCC(=O)CCCCCCCCCCC(=O)O. The van der Waals surface area contributed by atoms with E-state index in [-0.39, 0.29) is 0 Å². The van der Waals surface area contributed by atoms with Crippen LogP contribution in [0.15, 0.2) is 0 Å². The summed E-state index contributed by atoms with van der Waals surface area (Å²) < 4.78 is 0. The van der Waals surface area contributed by atoms with Gasteiger partial charge in [0.2, 0.25) is 0 Å². The van der Waals surface area contributed by atoms with Crippen molar-refractivity contribution < 1.29 is 14.7 Å². The lowest BCUT2D eigenvalue weighted by molar-refractivity contribution is -0.137. The Labute approximate surface area is 130 Å². The summed E-state index contributed by atoms with van der Waals surface area (Å²) >= 11 is 0. The third-order valence-corrected chi connectivity index (χ3v) is 3.91. The lowest BCUT2D eigenvalue weighted by Crippen LogP contribution is -1.97. The summed E-state index contributed by atoms with van der Waals surface area (Å²) in [5.41, 5.74) is 0. The minimum Gasteiger partial charge on any atom is -0.481 e. The van der Waals surface area contributed by atoms with E-state index in [2.05, 4.69) is 6.92 Å². The van der Waals surface area contributed by atoms with Crippen LogP contribution < -0.4 is 0 Å². The van der Waals surface area contributed by atoms with E-state index in [0.29, 0.717) is 12.2 Å². The van der Waals surface area contributed by atoms with Gasteiger partial charge in [-0.05, 0) is 19.3 Å². The second-order valence-corrected chi connectivity index (χ2v) is 6.07. The second kappa shape index (κ2) is 15.5. The van der Waals surface area contributed by atoms with Gasteiger partial charge in [0.15, 0.2) is 0 Å². The lowest BCUT2D eigenvalue weighted by Gasteiger charge is -2.02. The highest BCUT2D eigenvalue weighted by molar-refractivity contribution is 5.78. The predicted molar refractivity (Wildman–Crippen MR) is 87.6 cm³/mol. The Morgan fingerprint density at radius 2 is 1.00 bits per heavy atom. The number of carbonyl (C=O) groups is 2. The molecule has 0 atom stereocenters. The molecule has 0 radical (unpaired) electrons. The molecule has 124 valence electrons. The van der Waals surface area contributed by atoms with Crippen molar-refractivity contribution in [3.63, 3.8) is 0 Å². The number of Topliss-reactive ketones (excluding diaryl/α,β-unsaturated/α-hetero) is 1. The summed E-state index contributed by atoms with van der Waals surface area (Å²) in [5.74, 6) is -0.242. The zero-order valence-electron chi connectivity index (χ0n) is 13.9.